The summed E-state index contributed by atoms with van der Waals surface area (Å²) in [7, 11) is 0. The van der Waals surface area contributed by atoms with Crippen molar-refractivity contribution >= 4 is 0 Å². The first kappa shape index (κ1) is 24.9. The number of hydrogen-bond donors (Lipinski definition) is 0. The molecule has 31 heavy (non-hydrogen) atoms. The van der Waals surface area contributed by atoms with Gasteiger partial charge in [0.05, 0.1) is 0 Å². The lowest BCUT2D eigenvalue weighted by Gasteiger charge is -2.24. The molecule has 166 valence electrons. The smallest absolute Gasteiger partial charge is 0.0240 e. The summed E-state index contributed by atoms with van der Waals surface area (Å²) in [6, 6.07) is 19.8. The molecule has 2 rings (SSSR count). The van der Waals surface area contributed by atoms with Crippen LogP contribution in [0.4, 0.5) is 0 Å². The Labute approximate surface area is 191 Å². The minimum atomic E-state index is 0.179. The van der Waals surface area contributed by atoms with E-state index in [0.717, 1.165) is 19.6 Å². The maximum Gasteiger partial charge on any atom is 0.0240 e. The zero-order chi connectivity index (χ0) is 23.1. The van der Waals surface area contributed by atoms with Gasteiger partial charge in [0.25, 0.3) is 0 Å². The van der Waals surface area contributed by atoms with E-state index in [0.29, 0.717) is 0 Å². The summed E-state index contributed by atoms with van der Waals surface area (Å²) in [5.74, 6) is 0. The number of hydrogen-bond acceptors (Lipinski definition) is 1. The third kappa shape index (κ3) is 8.34. The topological polar surface area (TPSA) is 3.24 Å². The van der Waals surface area contributed by atoms with Crippen LogP contribution < -0.4 is 0 Å². The molecule has 0 aliphatic carbocycles. The van der Waals surface area contributed by atoms with Crippen LogP contribution in [0.15, 0.2) is 90.6 Å². The number of rotatable bonds is 8. The van der Waals surface area contributed by atoms with Crippen molar-refractivity contribution in [2.24, 2.45) is 5.41 Å². The minimum Gasteiger partial charge on any atom is -0.291 e. The van der Waals surface area contributed by atoms with E-state index in [9.17, 15) is 0 Å². The second-order valence-corrected chi connectivity index (χ2v) is 10.6. The van der Waals surface area contributed by atoms with Crippen LogP contribution in [0.3, 0.4) is 0 Å². The highest BCUT2D eigenvalue weighted by molar-refractivity contribution is 5.29. The fourth-order valence-electron chi connectivity index (χ4n) is 3.30. The molecule has 0 bridgehead atoms. The van der Waals surface area contributed by atoms with Crippen molar-refractivity contribution in [3.63, 3.8) is 0 Å². The largest absolute Gasteiger partial charge is 0.291 e. The second-order valence-electron chi connectivity index (χ2n) is 10.6. The Bertz CT molecular complexity index is 884. The zero-order valence-corrected chi connectivity index (χ0v) is 20.7. The van der Waals surface area contributed by atoms with Crippen molar-refractivity contribution in [1.29, 1.82) is 0 Å². The summed E-state index contributed by atoms with van der Waals surface area (Å²) in [4.78, 5) is 2.50. The van der Waals surface area contributed by atoms with Gasteiger partial charge in [-0.15, -0.1) is 0 Å². The van der Waals surface area contributed by atoms with Crippen LogP contribution in [-0.4, -0.2) is 11.4 Å². The van der Waals surface area contributed by atoms with Crippen LogP contribution in [0.2, 0.25) is 0 Å². The van der Waals surface area contributed by atoms with Gasteiger partial charge in [-0.25, -0.2) is 0 Å². The average Bonchev–Trinajstić information content (AvgIpc) is 2.70. The van der Waals surface area contributed by atoms with E-state index >= 15 is 0 Å². The van der Waals surface area contributed by atoms with E-state index in [2.05, 4.69) is 127 Å². The molecule has 0 spiro atoms. The van der Waals surface area contributed by atoms with Gasteiger partial charge < -0.3 is 0 Å². The molecule has 1 heteroatoms. The predicted octanol–water partition coefficient (Wildman–Crippen LogP) is 8.09. The molecule has 0 amide bonds. The molecule has 0 saturated heterocycles. The molecule has 0 N–H and O–H groups in total. The van der Waals surface area contributed by atoms with Crippen LogP contribution in [0.1, 0.15) is 65.2 Å². The normalized spacial score (nSPS) is 13.5. The number of allylic oxidation sites excluding steroid dienone is 3. The molecule has 2 aromatic rings. The summed E-state index contributed by atoms with van der Waals surface area (Å²) in [6.07, 6.45) is 6.47. The molecular weight excluding hydrogens is 374 g/mol. The highest BCUT2D eigenvalue weighted by Gasteiger charge is 2.15. The van der Waals surface area contributed by atoms with Crippen LogP contribution in [0.5, 0.6) is 0 Å². The molecule has 0 unspecified atom stereocenters. The van der Waals surface area contributed by atoms with Crippen molar-refractivity contribution < 1.29 is 0 Å². The van der Waals surface area contributed by atoms with Gasteiger partial charge in [-0.05, 0) is 40.0 Å². The van der Waals surface area contributed by atoms with Gasteiger partial charge in [0.2, 0.25) is 0 Å². The van der Waals surface area contributed by atoms with E-state index in [1.165, 1.54) is 27.8 Å². The van der Waals surface area contributed by atoms with Gasteiger partial charge in [0.15, 0.2) is 0 Å². The molecule has 0 atom stereocenters. The Hall–Kier alpha value is -2.38. The van der Waals surface area contributed by atoms with Crippen molar-refractivity contribution in [3.05, 3.63) is 107 Å². The first-order chi connectivity index (χ1) is 14.5. The van der Waals surface area contributed by atoms with Gasteiger partial charge in [-0.3, -0.25) is 4.90 Å². The third-order valence-corrected chi connectivity index (χ3v) is 5.87. The summed E-state index contributed by atoms with van der Waals surface area (Å²) in [5.41, 5.74) is 7.03. The van der Waals surface area contributed by atoms with Crippen molar-refractivity contribution in [1.82, 2.24) is 4.90 Å². The highest BCUT2D eigenvalue weighted by atomic mass is 15.1. The van der Waals surface area contributed by atoms with Crippen molar-refractivity contribution in [2.75, 3.05) is 6.54 Å². The predicted molar refractivity (Wildman–Crippen MR) is 137 cm³/mol. The Morgan fingerprint density at radius 2 is 1.35 bits per heavy atom. The maximum absolute atomic E-state index is 4.08. The Kier molecular flexibility index (Phi) is 8.65. The lowest BCUT2D eigenvalue weighted by Crippen LogP contribution is -2.25. The molecule has 0 aromatic heterocycles. The van der Waals surface area contributed by atoms with Crippen LogP contribution in [0, 0.1) is 5.41 Å². The van der Waals surface area contributed by atoms with Crippen molar-refractivity contribution in [3.8, 4) is 0 Å². The molecule has 0 radical (unpaired) electrons. The van der Waals surface area contributed by atoms with E-state index < -0.39 is 0 Å². The maximum atomic E-state index is 4.08. The lowest BCUT2D eigenvalue weighted by molar-refractivity contribution is 0.281. The van der Waals surface area contributed by atoms with E-state index in [1.807, 2.05) is 6.08 Å². The SMILES string of the molecule is C=C/C(=C\C=C(/C)C(C)(C)C)CN(Cc1ccccc1)Cc1ccc(C(C)(C)C)cc1. The molecule has 0 heterocycles. The van der Waals surface area contributed by atoms with E-state index in [-0.39, 0.29) is 10.8 Å². The molecule has 0 saturated carbocycles. The standard InChI is InChI=1S/C30H41N/c1-9-25(16-15-24(2)29(3,4)5)21-31(22-26-13-11-10-12-14-26)23-27-17-19-28(20-18-27)30(6,7)8/h9-20H,1,21-23H2,2-8H3/b24-15+,25-16+. The van der Waals surface area contributed by atoms with Crippen LogP contribution in [0.25, 0.3) is 0 Å². The fourth-order valence-corrected chi connectivity index (χ4v) is 3.30. The summed E-state index contributed by atoms with van der Waals surface area (Å²) >= 11 is 0. The first-order valence-corrected chi connectivity index (χ1v) is 11.3. The summed E-state index contributed by atoms with van der Waals surface area (Å²) in [5, 5.41) is 0. The molecular formula is C30H41N. The minimum absolute atomic E-state index is 0.179. The van der Waals surface area contributed by atoms with Crippen LogP contribution >= 0.6 is 0 Å². The molecule has 0 aliphatic rings. The molecule has 0 aliphatic heterocycles. The fraction of sp³-hybridized carbons (Fsp3) is 0.400. The Morgan fingerprint density at radius 3 is 1.84 bits per heavy atom. The van der Waals surface area contributed by atoms with Crippen molar-refractivity contribution in [2.45, 2.75) is 67.0 Å². The summed E-state index contributed by atoms with van der Waals surface area (Å²) < 4.78 is 0. The first-order valence-electron chi connectivity index (χ1n) is 11.3. The van der Waals surface area contributed by atoms with Gasteiger partial charge >= 0.3 is 0 Å². The summed E-state index contributed by atoms with van der Waals surface area (Å²) in [6.45, 7) is 22.5. The monoisotopic (exact) mass is 415 g/mol. The Morgan fingerprint density at radius 1 is 0.806 bits per heavy atom. The highest BCUT2D eigenvalue weighted by Crippen LogP contribution is 2.25. The Balaban J connectivity index is 2.24. The number of nitrogens with zero attached hydrogens (tertiary/aromatic N) is 1. The molecule has 0 fully saturated rings. The second kappa shape index (κ2) is 10.8. The van der Waals surface area contributed by atoms with Gasteiger partial charge in [0, 0.05) is 19.6 Å². The quantitative estimate of drug-likeness (QED) is 0.394. The van der Waals surface area contributed by atoms with Gasteiger partial charge in [-0.1, -0.05) is 127 Å². The zero-order valence-electron chi connectivity index (χ0n) is 20.7. The lowest BCUT2D eigenvalue weighted by atomic mass is 9.87. The van der Waals surface area contributed by atoms with Gasteiger partial charge in [0.1, 0.15) is 0 Å². The van der Waals surface area contributed by atoms with E-state index in [1.54, 1.807) is 0 Å². The van der Waals surface area contributed by atoms with Crippen LogP contribution in [-0.2, 0) is 18.5 Å². The molecule has 1 nitrogen and oxygen atoms in total. The van der Waals surface area contributed by atoms with Gasteiger partial charge in [-0.2, -0.15) is 0 Å². The van der Waals surface area contributed by atoms with E-state index in [4.69, 9.17) is 0 Å². The number of benzene rings is 2. The molecule has 2 aromatic carbocycles. The average molecular weight is 416 g/mol. The third-order valence-electron chi connectivity index (χ3n) is 5.87.